The largest absolute Gasteiger partial charge is 0.309 e. The van der Waals surface area contributed by atoms with Crippen LogP contribution in [0.25, 0.3) is 143 Å². The first kappa shape index (κ1) is 46.0. The van der Waals surface area contributed by atoms with E-state index < -0.39 is 0 Å². The Balaban J connectivity index is 1.22. The summed E-state index contributed by atoms with van der Waals surface area (Å²) < 4.78 is 9.29. The van der Waals surface area contributed by atoms with Crippen molar-refractivity contribution in [3.05, 3.63) is 278 Å². The molecule has 4 aromatic heterocycles. The lowest BCUT2D eigenvalue weighted by atomic mass is 9.91. The molecule has 6 nitrogen and oxygen atoms in total. The van der Waals surface area contributed by atoms with Crippen molar-refractivity contribution in [3.8, 4) is 68.3 Å². The van der Waals surface area contributed by atoms with Gasteiger partial charge in [-0.2, -0.15) is 10.5 Å². The smallest absolute Gasteiger partial charge is 0.104 e. The van der Waals surface area contributed by atoms with Crippen molar-refractivity contribution in [2.75, 3.05) is 0 Å². The number of para-hydroxylation sites is 6. The van der Waals surface area contributed by atoms with Gasteiger partial charge in [0.25, 0.3) is 0 Å². The lowest BCUT2D eigenvalue weighted by Gasteiger charge is -2.26. The molecule has 0 unspecified atom stereocenters. The molecule has 81 heavy (non-hydrogen) atoms. The fourth-order valence-electron chi connectivity index (χ4n) is 13.3. The van der Waals surface area contributed by atoms with Gasteiger partial charge in [-0.15, -0.1) is 0 Å². The van der Waals surface area contributed by atoms with Crippen LogP contribution in [0.2, 0.25) is 0 Å². The first-order chi connectivity index (χ1) is 40.1. The van der Waals surface area contributed by atoms with Crippen molar-refractivity contribution in [2.24, 2.45) is 0 Å². The van der Waals surface area contributed by atoms with Gasteiger partial charge in [0.2, 0.25) is 0 Å². The molecule has 0 fully saturated rings. The maximum Gasteiger partial charge on any atom is 0.104 e. The predicted octanol–water partition coefficient (Wildman–Crippen LogP) is 19.1. The van der Waals surface area contributed by atoms with E-state index in [9.17, 15) is 10.5 Å². The molecular formula is C75H46N6. The van der Waals surface area contributed by atoms with Crippen LogP contribution in [0.3, 0.4) is 0 Å². The number of aryl methyl sites for hydroxylation is 1. The molecule has 0 aliphatic carbocycles. The molecule has 0 N–H and O–H groups in total. The number of aromatic nitrogens is 4. The highest BCUT2D eigenvalue weighted by molar-refractivity contribution is 6.30. The minimum absolute atomic E-state index is 0.371. The van der Waals surface area contributed by atoms with Gasteiger partial charge in [0.1, 0.15) is 23.3 Å². The standard InChI is InChI=1S/C75H46N6/c1-47-37-39-50(40-38-47)69-74(79-63-32-16-11-27-53(63)54-28-12-17-33-64(54)79)61(45-76)71(62(46-77)75(69)80-65-34-18-13-29-55(65)56-30-14-19-35-66(56)80)81-68-42-41-51(48-21-5-2-6-22-48)43-59(68)60-44-58(49-23-7-3-8-24-49)72-70(73(60)81)57-31-15-20-36-67(57)78(72)52-25-9-4-10-26-52/h2-44H,1H3. The molecule has 4 heterocycles. The molecule has 0 spiro atoms. The second-order valence-corrected chi connectivity index (χ2v) is 21.0. The zero-order chi connectivity index (χ0) is 53.9. The number of nitrogens with zero attached hydrogens (tertiary/aromatic N) is 6. The van der Waals surface area contributed by atoms with Gasteiger partial charge in [-0.3, -0.25) is 0 Å². The summed E-state index contributed by atoms with van der Waals surface area (Å²) in [5, 5.41) is 33.7. The van der Waals surface area contributed by atoms with Crippen LogP contribution in [0.1, 0.15) is 16.7 Å². The van der Waals surface area contributed by atoms with E-state index in [0.29, 0.717) is 28.2 Å². The Hall–Kier alpha value is -11.2. The van der Waals surface area contributed by atoms with Gasteiger partial charge in [-0.1, -0.05) is 206 Å². The van der Waals surface area contributed by atoms with Gasteiger partial charge in [-0.05, 0) is 89.8 Å². The maximum absolute atomic E-state index is 12.7. The molecule has 16 aromatic rings. The minimum atomic E-state index is 0.371. The van der Waals surface area contributed by atoms with Crippen LogP contribution in [-0.4, -0.2) is 18.3 Å². The average Bonchev–Trinajstić information content (AvgIpc) is 3.12. The number of benzene rings is 12. The Morgan fingerprint density at radius 1 is 0.296 bits per heavy atom. The number of fused-ring (bicyclic) bond motifs is 13. The molecule has 0 saturated heterocycles. The zero-order valence-electron chi connectivity index (χ0n) is 44.0. The molecule has 0 bridgehead atoms. The van der Waals surface area contributed by atoms with Crippen LogP contribution in [0.4, 0.5) is 0 Å². The summed E-state index contributed by atoms with van der Waals surface area (Å²) in [4.78, 5) is 0. The fraction of sp³-hybridized carbons (Fsp3) is 0.0133. The van der Waals surface area contributed by atoms with Crippen molar-refractivity contribution >= 4 is 87.2 Å². The molecular weight excluding hydrogens is 985 g/mol. The molecule has 16 rings (SSSR count). The van der Waals surface area contributed by atoms with E-state index >= 15 is 0 Å². The van der Waals surface area contributed by atoms with Crippen molar-refractivity contribution in [1.82, 2.24) is 18.3 Å². The summed E-state index contributed by atoms with van der Waals surface area (Å²) in [6.45, 7) is 2.10. The van der Waals surface area contributed by atoms with E-state index in [1.165, 1.54) is 0 Å². The number of hydrogen-bond acceptors (Lipinski definition) is 2. The van der Waals surface area contributed by atoms with Crippen LogP contribution in [0.5, 0.6) is 0 Å². The topological polar surface area (TPSA) is 67.3 Å². The molecule has 0 aliphatic rings. The van der Waals surface area contributed by atoms with Gasteiger partial charge >= 0.3 is 0 Å². The molecule has 0 aliphatic heterocycles. The lowest BCUT2D eigenvalue weighted by Crippen LogP contribution is -2.14. The quantitative estimate of drug-likeness (QED) is 0.160. The van der Waals surface area contributed by atoms with Crippen molar-refractivity contribution in [1.29, 1.82) is 10.5 Å². The third-order valence-corrected chi connectivity index (χ3v) is 16.7. The van der Waals surface area contributed by atoms with Gasteiger partial charge in [0, 0.05) is 59.9 Å². The van der Waals surface area contributed by atoms with Crippen LogP contribution >= 0.6 is 0 Å². The summed E-state index contributed by atoms with van der Waals surface area (Å²) in [6.07, 6.45) is 0. The Bertz CT molecular complexity index is 5090. The lowest BCUT2D eigenvalue weighted by molar-refractivity contribution is 1.08. The maximum atomic E-state index is 12.7. The van der Waals surface area contributed by atoms with Crippen LogP contribution < -0.4 is 0 Å². The minimum Gasteiger partial charge on any atom is -0.309 e. The zero-order valence-corrected chi connectivity index (χ0v) is 44.0. The summed E-state index contributed by atoms with van der Waals surface area (Å²) in [5.41, 5.74) is 18.3. The van der Waals surface area contributed by atoms with E-state index in [4.69, 9.17) is 0 Å². The van der Waals surface area contributed by atoms with E-state index in [2.05, 4.69) is 298 Å². The van der Waals surface area contributed by atoms with Gasteiger partial charge in [0.15, 0.2) is 0 Å². The van der Waals surface area contributed by atoms with Gasteiger partial charge in [-0.25, -0.2) is 0 Å². The first-order valence-corrected chi connectivity index (χ1v) is 27.4. The molecule has 0 radical (unpaired) electrons. The van der Waals surface area contributed by atoms with Gasteiger partial charge < -0.3 is 18.3 Å². The Morgan fingerprint density at radius 3 is 1.22 bits per heavy atom. The van der Waals surface area contributed by atoms with Crippen molar-refractivity contribution in [3.63, 3.8) is 0 Å². The Kier molecular flexibility index (Phi) is 10.2. The SMILES string of the molecule is Cc1ccc(-c2c(-n3c4ccccc4c4ccccc43)c(C#N)c(-n3c4ccc(-c5ccccc5)cc4c4cc(-c5ccccc5)c5c(c6ccccc6n5-c5ccccc5)c43)c(C#N)c2-n2c3ccccc3c3ccccc32)cc1. The monoisotopic (exact) mass is 1030 g/mol. The summed E-state index contributed by atoms with van der Waals surface area (Å²) >= 11 is 0. The summed E-state index contributed by atoms with van der Waals surface area (Å²) in [7, 11) is 0. The van der Waals surface area contributed by atoms with Gasteiger partial charge in [0.05, 0.1) is 61.2 Å². The van der Waals surface area contributed by atoms with E-state index in [1.807, 2.05) is 0 Å². The second-order valence-electron chi connectivity index (χ2n) is 21.0. The summed E-state index contributed by atoms with van der Waals surface area (Å²) in [5.74, 6) is 0. The first-order valence-electron chi connectivity index (χ1n) is 27.4. The second kappa shape index (κ2) is 17.9. The number of hydrogen-bond donors (Lipinski definition) is 0. The normalized spacial score (nSPS) is 11.7. The van der Waals surface area contributed by atoms with Crippen LogP contribution in [0.15, 0.2) is 261 Å². The highest BCUT2D eigenvalue weighted by Gasteiger charge is 2.34. The molecule has 12 aromatic carbocycles. The highest BCUT2D eigenvalue weighted by Crippen LogP contribution is 2.52. The van der Waals surface area contributed by atoms with E-state index in [-0.39, 0.29) is 0 Å². The molecule has 376 valence electrons. The predicted molar refractivity (Wildman–Crippen MR) is 334 cm³/mol. The Morgan fingerprint density at radius 2 is 0.716 bits per heavy atom. The molecule has 0 atom stereocenters. The molecule has 0 amide bonds. The van der Waals surface area contributed by atoms with Crippen molar-refractivity contribution < 1.29 is 0 Å². The third kappa shape index (κ3) is 6.66. The molecule has 0 saturated carbocycles. The summed E-state index contributed by atoms with van der Waals surface area (Å²) in [6, 6.07) is 98.0. The van der Waals surface area contributed by atoms with Crippen molar-refractivity contribution in [2.45, 2.75) is 6.92 Å². The highest BCUT2D eigenvalue weighted by atomic mass is 15.1. The number of rotatable bonds is 7. The van der Waals surface area contributed by atoms with Crippen LogP contribution in [-0.2, 0) is 0 Å². The molecule has 6 heteroatoms. The third-order valence-electron chi connectivity index (χ3n) is 16.7. The number of nitriles is 2. The Labute approximate surface area is 466 Å². The average molecular weight is 1030 g/mol. The van der Waals surface area contributed by atoms with E-state index in [1.54, 1.807) is 0 Å². The van der Waals surface area contributed by atoms with E-state index in [0.717, 1.165) is 132 Å². The fourth-order valence-corrected chi connectivity index (χ4v) is 13.3. The van der Waals surface area contributed by atoms with Crippen LogP contribution in [0, 0.1) is 29.6 Å².